The summed E-state index contributed by atoms with van der Waals surface area (Å²) in [6.07, 6.45) is 1.67. The van der Waals surface area contributed by atoms with Crippen molar-refractivity contribution in [3.63, 3.8) is 0 Å². The molecule has 2 aromatic carbocycles. The van der Waals surface area contributed by atoms with E-state index in [-0.39, 0.29) is 37.1 Å². The molecular weight excluding hydrogens is 349 g/mol. The zero-order valence-electron chi connectivity index (χ0n) is 14.9. The van der Waals surface area contributed by atoms with Crippen LogP contribution in [0, 0.1) is 5.82 Å². The van der Waals surface area contributed by atoms with Gasteiger partial charge in [-0.15, -0.1) is 0 Å². The number of hydrogen-bond donors (Lipinski definition) is 1. The number of imidazole rings is 1. The summed E-state index contributed by atoms with van der Waals surface area (Å²) in [5, 5.41) is 2.69. The van der Waals surface area contributed by atoms with E-state index < -0.39 is 0 Å². The zero-order chi connectivity index (χ0) is 19.2. The van der Waals surface area contributed by atoms with E-state index >= 15 is 0 Å². The number of carbonyl (C=O) groups is 1. The maximum atomic E-state index is 13.1. The molecular formula is C20H20FN3O3. The largest absolute Gasteiger partial charge is 0.492 e. The standard InChI is InChI=1S/C20H20FN3O3/c1-23-18(15-6-3-2-4-7-15)13-24(20(23)26)14-19(25)22-10-11-27-17-9-5-8-16(21)12-17/h2-9,12-13H,10-11,14H2,1H3,(H,22,25). The summed E-state index contributed by atoms with van der Waals surface area (Å²) in [7, 11) is 1.67. The smallest absolute Gasteiger partial charge is 0.328 e. The van der Waals surface area contributed by atoms with Crippen molar-refractivity contribution in [3.05, 3.63) is 77.1 Å². The molecule has 1 aromatic heterocycles. The number of amides is 1. The highest BCUT2D eigenvalue weighted by Gasteiger charge is 2.12. The fourth-order valence-corrected chi connectivity index (χ4v) is 2.70. The molecule has 1 amide bonds. The molecule has 0 atom stereocenters. The van der Waals surface area contributed by atoms with Crippen molar-refractivity contribution in [2.45, 2.75) is 6.54 Å². The molecule has 0 aliphatic rings. The van der Waals surface area contributed by atoms with Crippen molar-refractivity contribution in [1.29, 1.82) is 0 Å². The first-order chi connectivity index (χ1) is 13.0. The molecule has 0 aliphatic carbocycles. The van der Waals surface area contributed by atoms with Crippen LogP contribution in [0.1, 0.15) is 0 Å². The van der Waals surface area contributed by atoms with Crippen molar-refractivity contribution in [2.24, 2.45) is 7.05 Å². The van der Waals surface area contributed by atoms with E-state index in [0.717, 1.165) is 11.3 Å². The SMILES string of the molecule is Cn1c(-c2ccccc2)cn(CC(=O)NCCOc2cccc(F)c2)c1=O. The number of ether oxygens (including phenoxy) is 1. The van der Waals surface area contributed by atoms with Gasteiger partial charge in [0.05, 0.1) is 12.2 Å². The normalized spacial score (nSPS) is 10.6. The molecule has 0 unspecified atom stereocenters. The van der Waals surface area contributed by atoms with Gasteiger partial charge in [0.15, 0.2) is 0 Å². The second kappa shape index (κ2) is 8.35. The second-order valence-corrected chi connectivity index (χ2v) is 6.01. The second-order valence-electron chi connectivity index (χ2n) is 6.01. The lowest BCUT2D eigenvalue weighted by molar-refractivity contribution is -0.121. The molecule has 0 saturated heterocycles. The Labute approximate surface area is 155 Å². The number of hydrogen-bond acceptors (Lipinski definition) is 3. The summed E-state index contributed by atoms with van der Waals surface area (Å²) < 4.78 is 21.3. The Kier molecular flexibility index (Phi) is 5.71. The van der Waals surface area contributed by atoms with Crippen molar-refractivity contribution in [2.75, 3.05) is 13.2 Å². The molecule has 1 N–H and O–H groups in total. The van der Waals surface area contributed by atoms with Crippen LogP contribution in [0.4, 0.5) is 4.39 Å². The molecule has 0 radical (unpaired) electrons. The molecule has 0 bridgehead atoms. The average Bonchev–Trinajstić information content (AvgIpc) is 2.94. The van der Waals surface area contributed by atoms with Gasteiger partial charge in [0.2, 0.25) is 5.91 Å². The quantitative estimate of drug-likeness (QED) is 0.650. The highest BCUT2D eigenvalue weighted by Crippen LogP contribution is 2.16. The van der Waals surface area contributed by atoms with Crippen LogP contribution in [0.5, 0.6) is 5.75 Å². The van der Waals surface area contributed by atoms with E-state index in [0.29, 0.717) is 5.75 Å². The van der Waals surface area contributed by atoms with Gasteiger partial charge in [-0.3, -0.25) is 13.9 Å². The topological polar surface area (TPSA) is 65.3 Å². The van der Waals surface area contributed by atoms with Crippen molar-refractivity contribution >= 4 is 5.91 Å². The van der Waals surface area contributed by atoms with Crippen LogP contribution in [0.2, 0.25) is 0 Å². The Morgan fingerprint density at radius 1 is 1.15 bits per heavy atom. The first-order valence-electron chi connectivity index (χ1n) is 8.51. The molecule has 0 aliphatic heterocycles. The number of aromatic nitrogens is 2. The monoisotopic (exact) mass is 369 g/mol. The van der Waals surface area contributed by atoms with Gasteiger partial charge in [-0.2, -0.15) is 0 Å². The Balaban J connectivity index is 1.54. The molecule has 0 fully saturated rings. The van der Waals surface area contributed by atoms with Gasteiger partial charge in [-0.05, 0) is 17.7 Å². The number of nitrogens with one attached hydrogen (secondary N) is 1. The van der Waals surface area contributed by atoms with E-state index in [1.807, 2.05) is 30.3 Å². The minimum Gasteiger partial charge on any atom is -0.492 e. The molecule has 27 heavy (non-hydrogen) atoms. The van der Waals surface area contributed by atoms with Crippen molar-refractivity contribution in [1.82, 2.24) is 14.5 Å². The van der Waals surface area contributed by atoms with Crippen LogP contribution >= 0.6 is 0 Å². The van der Waals surface area contributed by atoms with Gasteiger partial charge >= 0.3 is 5.69 Å². The first kappa shape index (κ1) is 18.4. The number of rotatable bonds is 7. The number of halogens is 1. The van der Waals surface area contributed by atoms with Crippen molar-refractivity contribution in [3.8, 4) is 17.0 Å². The third-order valence-corrected chi connectivity index (χ3v) is 4.04. The first-order valence-corrected chi connectivity index (χ1v) is 8.51. The van der Waals surface area contributed by atoms with Gasteiger partial charge in [0.1, 0.15) is 24.7 Å². The van der Waals surface area contributed by atoms with E-state index in [2.05, 4.69) is 5.32 Å². The van der Waals surface area contributed by atoms with E-state index in [1.165, 1.54) is 21.3 Å². The summed E-state index contributed by atoms with van der Waals surface area (Å²) in [5.41, 5.74) is 1.38. The van der Waals surface area contributed by atoms with Gasteiger partial charge < -0.3 is 10.1 Å². The molecule has 0 saturated carbocycles. The van der Waals surface area contributed by atoms with Gasteiger partial charge in [0.25, 0.3) is 0 Å². The summed E-state index contributed by atoms with van der Waals surface area (Å²) >= 11 is 0. The summed E-state index contributed by atoms with van der Waals surface area (Å²) in [6, 6.07) is 15.3. The average molecular weight is 369 g/mol. The van der Waals surface area contributed by atoms with Gasteiger partial charge in [-0.1, -0.05) is 36.4 Å². The highest BCUT2D eigenvalue weighted by atomic mass is 19.1. The molecule has 3 rings (SSSR count). The molecule has 140 valence electrons. The van der Waals surface area contributed by atoms with Gasteiger partial charge in [0, 0.05) is 19.3 Å². The van der Waals surface area contributed by atoms with Crippen molar-refractivity contribution < 1.29 is 13.9 Å². The van der Waals surface area contributed by atoms with Crippen LogP contribution in [-0.2, 0) is 18.4 Å². The van der Waals surface area contributed by atoms with E-state index in [1.54, 1.807) is 25.4 Å². The summed E-state index contributed by atoms with van der Waals surface area (Å²) in [4.78, 5) is 24.4. The Morgan fingerprint density at radius 2 is 1.93 bits per heavy atom. The molecule has 0 spiro atoms. The predicted octanol–water partition coefficient (Wildman–Crippen LogP) is 2.19. The van der Waals surface area contributed by atoms with Crippen LogP contribution in [0.25, 0.3) is 11.3 Å². The molecule has 3 aromatic rings. The van der Waals surface area contributed by atoms with Crippen LogP contribution in [0.15, 0.2) is 65.6 Å². The lowest BCUT2D eigenvalue weighted by Gasteiger charge is -2.08. The summed E-state index contributed by atoms with van der Waals surface area (Å²) in [6.45, 7) is 0.371. The molecule has 6 nitrogen and oxygen atoms in total. The zero-order valence-corrected chi connectivity index (χ0v) is 14.9. The third kappa shape index (κ3) is 4.63. The maximum absolute atomic E-state index is 13.1. The lowest BCUT2D eigenvalue weighted by atomic mass is 10.2. The summed E-state index contributed by atoms with van der Waals surface area (Å²) in [5.74, 6) is -0.282. The van der Waals surface area contributed by atoms with Gasteiger partial charge in [-0.25, -0.2) is 9.18 Å². The number of benzene rings is 2. The fourth-order valence-electron chi connectivity index (χ4n) is 2.70. The predicted molar refractivity (Wildman–Crippen MR) is 100 cm³/mol. The Morgan fingerprint density at radius 3 is 2.67 bits per heavy atom. The lowest BCUT2D eigenvalue weighted by Crippen LogP contribution is -2.34. The van der Waals surface area contributed by atoms with E-state index in [9.17, 15) is 14.0 Å². The minimum absolute atomic E-state index is 0.0839. The maximum Gasteiger partial charge on any atom is 0.328 e. The van der Waals surface area contributed by atoms with Crippen LogP contribution in [0.3, 0.4) is 0 Å². The number of nitrogens with zero attached hydrogens (tertiary/aromatic N) is 2. The van der Waals surface area contributed by atoms with E-state index in [4.69, 9.17) is 4.74 Å². The van der Waals surface area contributed by atoms with Crippen LogP contribution < -0.4 is 15.7 Å². The minimum atomic E-state index is -0.380. The third-order valence-electron chi connectivity index (χ3n) is 4.04. The Hall–Kier alpha value is -3.35. The highest BCUT2D eigenvalue weighted by molar-refractivity contribution is 5.75. The fraction of sp³-hybridized carbons (Fsp3) is 0.200. The molecule has 1 heterocycles. The number of carbonyl (C=O) groups excluding carboxylic acids is 1. The molecule has 7 heteroatoms. The Bertz CT molecular complexity index is 980. The van der Waals surface area contributed by atoms with Crippen LogP contribution in [-0.4, -0.2) is 28.2 Å².